The van der Waals surface area contributed by atoms with Crippen LogP contribution in [0.3, 0.4) is 0 Å². The first-order valence-corrected chi connectivity index (χ1v) is 40.6. The topological polar surface area (TPSA) is 62.5 Å². The molecule has 0 amide bonds. The fourth-order valence-electron chi connectivity index (χ4n) is 20.5. The summed E-state index contributed by atoms with van der Waals surface area (Å²) in [5, 5.41) is 18.9. The van der Waals surface area contributed by atoms with Crippen molar-refractivity contribution in [2.45, 2.75) is 77.0 Å². The molecule has 0 fully saturated rings. The number of pyridine rings is 3. The Bertz CT molecular complexity index is 7450. The van der Waals surface area contributed by atoms with E-state index in [0.717, 1.165) is 93.6 Å². The predicted octanol–water partition coefficient (Wildman–Crippen LogP) is 29.2. The van der Waals surface area contributed by atoms with Crippen LogP contribution < -0.4 is 0 Å². The molecular formula is C112H80N4. The van der Waals surface area contributed by atoms with Crippen molar-refractivity contribution >= 4 is 65.2 Å². The van der Waals surface area contributed by atoms with Gasteiger partial charge < -0.3 is 0 Å². The Balaban J connectivity index is 0.000000144. The van der Waals surface area contributed by atoms with E-state index in [-0.39, 0.29) is 21.7 Å². The monoisotopic (exact) mass is 1480 g/mol. The first-order valence-electron chi connectivity index (χ1n) is 40.6. The van der Waals surface area contributed by atoms with Gasteiger partial charge in [0.1, 0.15) is 0 Å². The summed E-state index contributed by atoms with van der Waals surface area (Å²) < 4.78 is 0. The fraction of sp³-hybridized carbons (Fsp3) is 0.107. The molecule has 4 nitrogen and oxygen atoms in total. The first kappa shape index (κ1) is 68.8. The van der Waals surface area contributed by atoms with Crippen molar-refractivity contribution in [3.63, 3.8) is 0 Å². The van der Waals surface area contributed by atoms with Gasteiger partial charge in [-0.1, -0.05) is 322 Å². The number of benzene rings is 16. The Labute approximate surface area is 676 Å². The molecule has 23 rings (SSSR count). The van der Waals surface area contributed by atoms with Crippen LogP contribution in [0.25, 0.3) is 188 Å². The fourth-order valence-corrected chi connectivity index (χ4v) is 20.5. The Hall–Kier alpha value is -14.0. The number of hydrogen-bond acceptors (Lipinski definition) is 4. The molecule has 4 heteroatoms. The van der Waals surface area contributed by atoms with Gasteiger partial charge in [-0.15, -0.1) is 0 Å². The molecule has 0 atom stereocenters. The minimum absolute atomic E-state index is 0.0928. The third-order valence-electron chi connectivity index (χ3n) is 26.6. The molecule has 3 aromatic heterocycles. The summed E-state index contributed by atoms with van der Waals surface area (Å²) in [5.41, 5.74) is 41.6. The summed E-state index contributed by atoms with van der Waals surface area (Å²) in [6, 6.07) is 127. The van der Waals surface area contributed by atoms with Gasteiger partial charge in [0.05, 0.1) is 45.1 Å². The lowest BCUT2D eigenvalue weighted by atomic mass is 9.81. The Morgan fingerprint density at radius 3 is 0.853 bits per heavy atom. The summed E-state index contributed by atoms with van der Waals surface area (Å²) in [4.78, 5) is 16.2. The van der Waals surface area contributed by atoms with Crippen molar-refractivity contribution < 1.29 is 0 Å². The van der Waals surface area contributed by atoms with E-state index in [4.69, 9.17) is 15.0 Å². The third kappa shape index (κ3) is 10.3. The smallest absolute Gasteiger partial charge is 0.0991 e. The van der Waals surface area contributed by atoms with E-state index in [9.17, 15) is 5.26 Å². The second kappa shape index (κ2) is 25.5. The standard InChI is InChI=1S/C62H44N2.C50H36N2/c1-61(2)52-21-11-7-16-42(52)44-31-29-39(33-54(44)61)49-35-51-50(37-25-27-38(28-26-37)59-47-19-9-13-23-56(47)63-57-24-14-10-20-48(57)59)36-58(64-60(51)46-18-6-5-15-41(46)49)40-30-32-45-43-17-8-12-22-53(43)62(3,4)55(45)34-40;1-49(2)43-15-9-7-12-35(43)37-23-21-32(25-45(37)49)40-27-42-41(31-19-17-30(29-51)18-20-31)28-47(52-48(42)39-14-6-5-11-34(39)40)33-22-24-38-36-13-8-10-16-44(36)50(3,4)46(38)26-33/h5-36H,1-4H3;5-28H,1-4H3. The van der Waals surface area contributed by atoms with Gasteiger partial charge in [0.15, 0.2) is 0 Å². The molecule has 548 valence electrons. The van der Waals surface area contributed by atoms with Crippen LogP contribution in [0.1, 0.15) is 105 Å². The molecule has 19 aromatic rings. The van der Waals surface area contributed by atoms with E-state index in [1.807, 2.05) is 12.1 Å². The van der Waals surface area contributed by atoms with Gasteiger partial charge in [-0.25, -0.2) is 15.0 Å². The van der Waals surface area contributed by atoms with Crippen LogP contribution in [-0.4, -0.2) is 15.0 Å². The van der Waals surface area contributed by atoms with Gasteiger partial charge in [0, 0.05) is 70.7 Å². The quantitative estimate of drug-likeness (QED) is 0.118. The number of nitriles is 1. The van der Waals surface area contributed by atoms with Crippen LogP contribution in [0.2, 0.25) is 0 Å². The minimum Gasteiger partial charge on any atom is -0.248 e. The second-order valence-corrected chi connectivity index (χ2v) is 34.4. The maximum Gasteiger partial charge on any atom is 0.0991 e. The molecule has 16 aromatic carbocycles. The van der Waals surface area contributed by atoms with E-state index in [1.165, 1.54) is 139 Å². The van der Waals surface area contributed by atoms with Crippen LogP contribution in [0.5, 0.6) is 0 Å². The van der Waals surface area contributed by atoms with Crippen LogP contribution >= 0.6 is 0 Å². The Kier molecular flexibility index (Phi) is 15.1. The molecule has 4 aliphatic carbocycles. The molecule has 116 heavy (non-hydrogen) atoms. The SMILES string of the molecule is CC1(C)c2ccccc2-c2ccc(-c3cc(-c4ccc(-c5c6ccccc6nc6ccccc56)cc4)c4cc(-c5ccc6c(c5)C(C)(C)c5ccccc5-6)c5ccccc5c4n3)cc21.CC1(C)c2ccccc2-c2ccc(-c3cc(-c4ccc(C#N)cc4)c4cc(-c5ccc6c(c5)C(C)(C)c5ccccc5-6)c5ccccc5c4n3)cc21. The van der Waals surface area contributed by atoms with Crippen molar-refractivity contribution in [3.05, 3.63) is 390 Å². The first-order chi connectivity index (χ1) is 56.5. The van der Waals surface area contributed by atoms with Crippen LogP contribution in [-0.2, 0) is 21.7 Å². The van der Waals surface area contributed by atoms with Crippen molar-refractivity contribution in [2.75, 3.05) is 0 Å². The molecule has 0 radical (unpaired) electrons. The van der Waals surface area contributed by atoms with Gasteiger partial charge >= 0.3 is 0 Å². The van der Waals surface area contributed by atoms with Crippen molar-refractivity contribution in [2.24, 2.45) is 0 Å². The molecule has 0 spiro atoms. The Morgan fingerprint density at radius 2 is 0.483 bits per heavy atom. The highest BCUT2D eigenvalue weighted by Crippen LogP contribution is 2.56. The highest BCUT2D eigenvalue weighted by atomic mass is 14.7. The number of fused-ring (bicyclic) bond motifs is 20. The van der Waals surface area contributed by atoms with E-state index < -0.39 is 0 Å². The summed E-state index contributed by atoms with van der Waals surface area (Å²) in [7, 11) is 0. The van der Waals surface area contributed by atoms with Crippen LogP contribution in [0.15, 0.2) is 340 Å². The zero-order chi connectivity index (χ0) is 78.3. The molecule has 0 saturated carbocycles. The average Bonchev–Trinajstić information content (AvgIpc) is 1.12. The average molecular weight is 1480 g/mol. The lowest BCUT2D eigenvalue weighted by Gasteiger charge is -2.22. The molecular weight excluding hydrogens is 1400 g/mol. The van der Waals surface area contributed by atoms with Gasteiger partial charge in [0.25, 0.3) is 0 Å². The zero-order valence-corrected chi connectivity index (χ0v) is 66.1. The number of rotatable bonds is 7. The van der Waals surface area contributed by atoms with E-state index in [1.54, 1.807) is 0 Å². The van der Waals surface area contributed by atoms with Crippen LogP contribution in [0.4, 0.5) is 0 Å². The normalized spacial score (nSPS) is 14.3. The summed E-state index contributed by atoms with van der Waals surface area (Å²) in [6.07, 6.45) is 0. The van der Waals surface area contributed by atoms with Gasteiger partial charge in [-0.2, -0.15) is 5.26 Å². The Morgan fingerprint density at radius 1 is 0.207 bits per heavy atom. The van der Waals surface area contributed by atoms with E-state index in [2.05, 4.69) is 389 Å². The molecule has 0 N–H and O–H groups in total. The van der Waals surface area contributed by atoms with Gasteiger partial charge in [-0.3, -0.25) is 0 Å². The minimum atomic E-state index is -0.119. The largest absolute Gasteiger partial charge is 0.248 e. The zero-order valence-electron chi connectivity index (χ0n) is 66.1. The number of hydrogen-bond donors (Lipinski definition) is 0. The second-order valence-electron chi connectivity index (χ2n) is 34.4. The van der Waals surface area contributed by atoms with Crippen molar-refractivity contribution in [1.82, 2.24) is 15.0 Å². The number of nitrogens with zero attached hydrogens (tertiary/aromatic N) is 4. The maximum absolute atomic E-state index is 9.63. The molecule has 0 bridgehead atoms. The summed E-state index contributed by atoms with van der Waals surface area (Å²) in [5.74, 6) is 0. The van der Waals surface area contributed by atoms with Crippen molar-refractivity contribution in [3.8, 4) is 129 Å². The lowest BCUT2D eigenvalue weighted by Crippen LogP contribution is -2.15. The molecule has 0 aliphatic heterocycles. The number of para-hydroxylation sites is 2. The van der Waals surface area contributed by atoms with E-state index in [0.29, 0.717) is 5.56 Å². The number of aromatic nitrogens is 3. The van der Waals surface area contributed by atoms with Gasteiger partial charge in [0.2, 0.25) is 0 Å². The lowest BCUT2D eigenvalue weighted by molar-refractivity contribution is 0.660. The molecule has 3 heterocycles. The highest BCUT2D eigenvalue weighted by molar-refractivity contribution is 6.19. The predicted molar refractivity (Wildman–Crippen MR) is 484 cm³/mol. The van der Waals surface area contributed by atoms with Gasteiger partial charge in [-0.05, 0) is 223 Å². The molecule has 4 aliphatic rings. The van der Waals surface area contributed by atoms with Crippen LogP contribution in [0, 0.1) is 11.3 Å². The molecule has 0 saturated heterocycles. The third-order valence-corrected chi connectivity index (χ3v) is 26.6. The molecule has 0 unspecified atom stereocenters. The van der Waals surface area contributed by atoms with Crippen molar-refractivity contribution in [1.29, 1.82) is 5.26 Å². The maximum atomic E-state index is 9.63. The summed E-state index contributed by atoms with van der Waals surface area (Å²) >= 11 is 0. The van der Waals surface area contributed by atoms with E-state index >= 15 is 0 Å². The highest BCUT2D eigenvalue weighted by Gasteiger charge is 2.40. The summed E-state index contributed by atoms with van der Waals surface area (Å²) in [6.45, 7) is 18.8.